The Morgan fingerprint density at radius 2 is 1.89 bits per heavy atom. The summed E-state index contributed by atoms with van der Waals surface area (Å²) in [6.45, 7) is 1.94. The molecule has 1 N–H and O–H groups in total. The van der Waals surface area contributed by atoms with Crippen LogP contribution in [0.3, 0.4) is 0 Å². The number of hydrogen-bond acceptors (Lipinski definition) is 3. The smallest absolute Gasteiger partial charge is 0.157 e. The van der Waals surface area contributed by atoms with Gasteiger partial charge in [0.15, 0.2) is 5.78 Å². The summed E-state index contributed by atoms with van der Waals surface area (Å²) in [5.74, 6) is 0.551. The molecule has 18 heavy (non-hydrogen) atoms. The predicted octanol–water partition coefficient (Wildman–Crippen LogP) is 2.44. The van der Waals surface area contributed by atoms with E-state index in [0.29, 0.717) is 6.42 Å². The molecule has 2 fully saturated rings. The molecule has 1 saturated heterocycles. The van der Waals surface area contributed by atoms with Crippen molar-refractivity contribution in [3.05, 3.63) is 29.8 Å². The molecule has 3 heteroatoms. The lowest BCUT2D eigenvalue weighted by molar-refractivity contribution is -0.139. The summed E-state index contributed by atoms with van der Waals surface area (Å²) in [6.07, 6.45) is 4.70. The second-order valence-corrected chi connectivity index (χ2v) is 5.35. The minimum absolute atomic E-state index is 0.264. The van der Waals surface area contributed by atoms with Crippen LogP contribution < -0.4 is 0 Å². The molecular weight excluding hydrogens is 226 g/mol. The molecule has 0 spiro atoms. The van der Waals surface area contributed by atoms with E-state index in [4.69, 9.17) is 0 Å². The van der Waals surface area contributed by atoms with Gasteiger partial charge in [0, 0.05) is 25.1 Å². The lowest BCUT2D eigenvalue weighted by Crippen LogP contribution is -2.58. The quantitative estimate of drug-likeness (QED) is 0.870. The van der Waals surface area contributed by atoms with Gasteiger partial charge >= 0.3 is 0 Å². The summed E-state index contributed by atoms with van der Waals surface area (Å²) in [6, 6.07) is 7.34. The number of phenols is 1. The van der Waals surface area contributed by atoms with Gasteiger partial charge in [0.25, 0.3) is 0 Å². The van der Waals surface area contributed by atoms with Gasteiger partial charge in [-0.05, 0) is 25.3 Å². The van der Waals surface area contributed by atoms with Gasteiger partial charge in [0.05, 0.1) is 0 Å². The fraction of sp³-hybridized carbons (Fsp3) is 0.533. The van der Waals surface area contributed by atoms with E-state index in [1.165, 1.54) is 0 Å². The highest BCUT2D eigenvalue weighted by atomic mass is 16.3. The summed E-state index contributed by atoms with van der Waals surface area (Å²) < 4.78 is 0. The first-order chi connectivity index (χ1) is 8.75. The van der Waals surface area contributed by atoms with E-state index >= 15 is 0 Å². The lowest BCUT2D eigenvalue weighted by Gasteiger charge is -2.50. The zero-order chi connectivity index (χ0) is 12.6. The van der Waals surface area contributed by atoms with Crippen LogP contribution in [0.5, 0.6) is 5.75 Å². The normalized spacial score (nSPS) is 29.0. The van der Waals surface area contributed by atoms with E-state index in [0.717, 1.165) is 44.3 Å². The van der Waals surface area contributed by atoms with E-state index in [-0.39, 0.29) is 11.5 Å². The zero-order valence-corrected chi connectivity index (χ0v) is 10.6. The molecule has 1 aromatic carbocycles. The van der Waals surface area contributed by atoms with Crippen LogP contribution in [-0.2, 0) is 10.3 Å². The summed E-state index contributed by atoms with van der Waals surface area (Å²) in [5, 5.41) is 10.1. The van der Waals surface area contributed by atoms with Crippen molar-refractivity contribution in [2.45, 2.75) is 37.6 Å². The predicted molar refractivity (Wildman–Crippen MR) is 69.4 cm³/mol. The van der Waals surface area contributed by atoms with Gasteiger partial charge in [0.2, 0.25) is 0 Å². The highest BCUT2D eigenvalue weighted by Crippen LogP contribution is 2.45. The Labute approximate surface area is 107 Å². The zero-order valence-electron chi connectivity index (χ0n) is 10.6. The van der Waals surface area contributed by atoms with Crippen molar-refractivity contribution in [3.8, 4) is 5.75 Å². The highest BCUT2D eigenvalue weighted by molar-refractivity contribution is 5.91. The van der Waals surface area contributed by atoms with Gasteiger partial charge in [-0.25, -0.2) is 0 Å². The molecule has 0 amide bonds. The minimum Gasteiger partial charge on any atom is -0.508 e. The number of aromatic hydroxyl groups is 1. The maximum Gasteiger partial charge on any atom is 0.157 e. The SMILES string of the molecule is O=C1CCCCC1(c1ccccc1O)N1CCC1. The number of hydrogen-bond donors (Lipinski definition) is 1. The van der Waals surface area contributed by atoms with Crippen molar-refractivity contribution in [1.29, 1.82) is 0 Å². The van der Waals surface area contributed by atoms with Gasteiger partial charge in [-0.15, -0.1) is 0 Å². The van der Waals surface area contributed by atoms with Crippen molar-refractivity contribution in [2.24, 2.45) is 0 Å². The number of rotatable bonds is 2. The summed E-state index contributed by atoms with van der Waals surface area (Å²) in [7, 11) is 0. The fourth-order valence-corrected chi connectivity index (χ4v) is 3.32. The van der Waals surface area contributed by atoms with Crippen LogP contribution in [0.1, 0.15) is 37.7 Å². The Bertz CT molecular complexity index is 467. The molecule has 2 aliphatic rings. The maximum atomic E-state index is 12.6. The number of ketones is 1. The largest absolute Gasteiger partial charge is 0.508 e. The number of Topliss-reactive ketones (excluding diaryl/α,β-unsaturated/α-hetero) is 1. The van der Waals surface area contributed by atoms with Gasteiger partial charge < -0.3 is 5.11 Å². The number of phenolic OH excluding ortho intramolecular Hbond substituents is 1. The number of benzene rings is 1. The van der Waals surface area contributed by atoms with Crippen molar-refractivity contribution < 1.29 is 9.90 Å². The van der Waals surface area contributed by atoms with Gasteiger partial charge in [0.1, 0.15) is 11.3 Å². The number of carbonyl (C=O) groups excluding carboxylic acids is 1. The second kappa shape index (κ2) is 4.39. The molecule has 1 heterocycles. The Morgan fingerprint density at radius 3 is 2.50 bits per heavy atom. The monoisotopic (exact) mass is 245 g/mol. The number of nitrogens with zero attached hydrogens (tertiary/aromatic N) is 1. The fourth-order valence-electron chi connectivity index (χ4n) is 3.32. The molecule has 0 aromatic heterocycles. The van der Waals surface area contributed by atoms with Crippen LogP contribution in [0.15, 0.2) is 24.3 Å². The van der Waals surface area contributed by atoms with E-state index in [1.807, 2.05) is 18.2 Å². The van der Waals surface area contributed by atoms with Crippen molar-refractivity contribution in [3.63, 3.8) is 0 Å². The van der Waals surface area contributed by atoms with Crippen LogP contribution >= 0.6 is 0 Å². The van der Waals surface area contributed by atoms with Crippen LogP contribution in [-0.4, -0.2) is 28.9 Å². The van der Waals surface area contributed by atoms with Gasteiger partial charge in [-0.3, -0.25) is 9.69 Å². The molecule has 1 atom stereocenters. The van der Waals surface area contributed by atoms with Crippen LogP contribution in [0.2, 0.25) is 0 Å². The Balaban J connectivity index is 2.09. The molecule has 0 radical (unpaired) electrons. The topological polar surface area (TPSA) is 40.5 Å². The van der Waals surface area contributed by atoms with Crippen LogP contribution in [0, 0.1) is 0 Å². The molecule has 1 aliphatic heterocycles. The third-order valence-electron chi connectivity index (χ3n) is 4.40. The molecule has 1 unspecified atom stereocenters. The van der Waals surface area contributed by atoms with Crippen molar-refractivity contribution in [1.82, 2.24) is 4.90 Å². The molecule has 1 saturated carbocycles. The third-order valence-corrected chi connectivity index (χ3v) is 4.40. The molecular formula is C15H19NO2. The van der Waals surface area contributed by atoms with Crippen molar-refractivity contribution in [2.75, 3.05) is 13.1 Å². The minimum atomic E-state index is -0.540. The highest BCUT2D eigenvalue weighted by Gasteiger charge is 2.49. The molecule has 96 valence electrons. The average molecular weight is 245 g/mol. The van der Waals surface area contributed by atoms with E-state index in [9.17, 15) is 9.90 Å². The average Bonchev–Trinajstić information content (AvgIpc) is 2.30. The van der Waals surface area contributed by atoms with E-state index in [2.05, 4.69) is 4.90 Å². The molecule has 3 rings (SSSR count). The third kappa shape index (κ3) is 1.57. The molecule has 1 aliphatic carbocycles. The number of carbonyl (C=O) groups is 1. The summed E-state index contributed by atoms with van der Waals surface area (Å²) >= 11 is 0. The van der Waals surface area contributed by atoms with E-state index in [1.54, 1.807) is 6.07 Å². The number of likely N-dealkylation sites (tertiary alicyclic amines) is 1. The molecule has 0 bridgehead atoms. The first-order valence-corrected chi connectivity index (χ1v) is 6.82. The second-order valence-electron chi connectivity index (χ2n) is 5.35. The van der Waals surface area contributed by atoms with Crippen molar-refractivity contribution >= 4 is 5.78 Å². The van der Waals surface area contributed by atoms with Gasteiger partial charge in [-0.1, -0.05) is 24.6 Å². The Hall–Kier alpha value is -1.35. The summed E-state index contributed by atoms with van der Waals surface area (Å²) in [4.78, 5) is 14.8. The summed E-state index contributed by atoms with van der Waals surface area (Å²) in [5.41, 5.74) is 0.274. The first-order valence-electron chi connectivity index (χ1n) is 6.82. The Kier molecular flexibility index (Phi) is 2.86. The Morgan fingerprint density at radius 1 is 1.11 bits per heavy atom. The first kappa shape index (κ1) is 11.7. The number of para-hydroxylation sites is 1. The molecule has 3 nitrogen and oxygen atoms in total. The van der Waals surface area contributed by atoms with Crippen LogP contribution in [0.25, 0.3) is 0 Å². The maximum absolute atomic E-state index is 12.6. The standard InChI is InChI=1S/C15H19NO2/c17-13-7-2-1-6-12(13)15(16-10-5-11-16)9-4-3-8-14(15)18/h1-2,6-7,17H,3-5,8-11H2. The lowest BCUT2D eigenvalue weighted by atomic mass is 9.72. The molecule has 1 aromatic rings. The van der Waals surface area contributed by atoms with Gasteiger partial charge in [-0.2, -0.15) is 0 Å². The van der Waals surface area contributed by atoms with Crippen LogP contribution in [0.4, 0.5) is 0 Å². The van der Waals surface area contributed by atoms with E-state index < -0.39 is 5.54 Å².